The molecule has 226 valence electrons. The Morgan fingerprint density at radius 2 is 1.63 bits per heavy atom. The Kier molecular flexibility index (Phi) is 7.76. The Labute approximate surface area is 236 Å². The third kappa shape index (κ3) is 6.62. The van der Waals surface area contributed by atoms with Crippen molar-refractivity contribution in [2.75, 3.05) is 61.4 Å². The number of alkyl halides is 3. The molecule has 1 aromatic carbocycles. The first kappa shape index (κ1) is 29.6. The van der Waals surface area contributed by atoms with Crippen molar-refractivity contribution in [1.82, 2.24) is 23.9 Å². The fraction of sp³-hybridized carbons (Fsp3) is 0.583. The Bertz CT molecular complexity index is 1510. The van der Waals surface area contributed by atoms with Gasteiger partial charge in [0.25, 0.3) is 0 Å². The summed E-state index contributed by atoms with van der Waals surface area (Å²) in [6, 6.07) is 4.29. The molecule has 0 radical (unpaired) electrons. The topological polar surface area (TPSA) is 128 Å². The van der Waals surface area contributed by atoms with Gasteiger partial charge in [0.05, 0.1) is 18.1 Å². The molecule has 3 aliphatic heterocycles. The van der Waals surface area contributed by atoms with E-state index in [0.29, 0.717) is 56.8 Å². The van der Waals surface area contributed by atoms with Gasteiger partial charge in [-0.2, -0.15) is 22.2 Å². The van der Waals surface area contributed by atoms with Crippen LogP contribution >= 0.6 is 0 Å². The van der Waals surface area contributed by atoms with E-state index in [9.17, 15) is 34.8 Å². The number of hydrogen-bond acceptors (Lipinski definition) is 8. The minimum Gasteiger partial charge on any atom is -0.363 e. The van der Waals surface area contributed by atoms with E-state index in [1.54, 1.807) is 4.90 Å². The van der Waals surface area contributed by atoms with Crippen molar-refractivity contribution >= 4 is 37.6 Å². The fourth-order valence-electron chi connectivity index (χ4n) is 5.80. The summed E-state index contributed by atoms with van der Waals surface area (Å²) in [5.74, 6) is 0.0284. The van der Waals surface area contributed by atoms with Crippen LogP contribution in [0.3, 0.4) is 0 Å². The van der Waals surface area contributed by atoms with Crippen LogP contribution in [0.1, 0.15) is 24.0 Å². The standard InChI is InChI=1S/C24H32F3N7O5S2/c1-40(36,37)29-22-7-8-33(28-22)23(35)31-11-9-30(10-12-31)14-17-3-4-18(24(25,26)27)13-21(17)34-19-5-6-20(34)16-32(15-19)41(2,38)39/h3-4,7-8,13,19-20H,5-6,9-12,14-16H2,1-2H3,(H,28,29). The van der Waals surface area contributed by atoms with Gasteiger partial charge in [0.2, 0.25) is 20.0 Å². The molecule has 2 unspecified atom stereocenters. The molecule has 1 N–H and O–H groups in total. The third-order valence-electron chi connectivity index (χ3n) is 7.72. The molecule has 2 atom stereocenters. The number of rotatable bonds is 6. The van der Waals surface area contributed by atoms with Crippen LogP contribution in [0, 0.1) is 0 Å². The minimum absolute atomic E-state index is 0.0284. The Balaban J connectivity index is 1.30. The molecule has 5 rings (SSSR count). The quantitative estimate of drug-likeness (QED) is 0.518. The zero-order valence-corrected chi connectivity index (χ0v) is 24.2. The van der Waals surface area contributed by atoms with Crippen LogP contribution in [-0.4, -0.2) is 111 Å². The normalized spacial score (nSPS) is 22.8. The van der Waals surface area contributed by atoms with Crippen LogP contribution in [0.5, 0.6) is 0 Å². The maximum atomic E-state index is 13.7. The second-order valence-corrected chi connectivity index (χ2v) is 14.5. The molecular formula is C24H32F3N7O5S2. The van der Waals surface area contributed by atoms with Crippen molar-refractivity contribution in [2.24, 2.45) is 0 Å². The molecule has 17 heteroatoms. The molecule has 1 aromatic heterocycles. The highest BCUT2D eigenvalue weighted by molar-refractivity contribution is 7.92. The lowest BCUT2D eigenvalue weighted by molar-refractivity contribution is -0.137. The van der Waals surface area contributed by atoms with Crippen LogP contribution in [0.15, 0.2) is 30.5 Å². The van der Waals surface area contributed by atoms with Crippen LogP contribution in [0.2, 0.25) is 0 Å². The SMILES string of the molecule is CS(=O)(=O)Nc1ccn(C(=O)N2CCN(Cc3ccc(C(F)(F)F)cc3N3C4CCC3CN(S(C)(=O)=O)C4)CC2)n1. The van der Waals surface area contributed by atoms with E-state index < -0.39 is 37.8 Å². The maximum absolute atomic E-state index is 13.7. The molecule has 4 heterocycles. The predicted octanol–water partition coefficient (Wildman–Crippen LogP) is 1.67. The minimum atomic E-state index is -4.52. The number of carbonyl (C=O) groups is 1. The van der Waals surface area contributed by atoms with Gasteiger partial charge < -0.3 is 9.80 Å². The summed E-state index contributed by atoms with van der Waals surface area (Å²) in [6.07, 6.45) is 0.379. The molecule has 3 saturated heterocycles. The summed E-state index contributed by atoms with van der Waals surface area (Å²) < 4.78 is 93.0. The number of benzene rings is 1. The molecular weight excluding hydrogens is 587 g/mol. The number of sulfonamides is 2. The summed E-state index contributed by atoms with van der Waals surface area (Å²) in [4.78, 5) is 18.5. The number of piperazine rings is 2. The van der Waals surface area contributed by atoms with Gasteiger partial charge in [0.1, 0.15) is 0 Å². The number of amides is 1. The molecule has 0 saturated carbocycles. The molecule has 1 amide bonds. The van der Waals surface area contributed by atoms with Crippen molar-refractivity contribution in [2.45, 2.75) is 37.6 Å². The van der Waals surface area contributed by atoms with Crippen molar-refractivity contribution in [3.8, 4) is 0 Å². The van der Waals surface area contributed by atoms with Gasteiger partial charge in [0, 0.05) is 75.8 Å². The fourth-order valence-corrected chi connectivity index (χ4v) is 7.18. The monoisotopic (exact) mass is 619 g/mol. The van der Waals surface area contributed by atoms with E-state index in [4.69, 9.17) is 0 Å². The number of aromatic nitrogens is 2. The van der Waals surface area contributed by atoms with E-state index >= 15 is 0 Å². The average molecular weight is 620 g/mol. The van der Waals surface area contributed by atoms with Gasteiger partial charge in [-0.15, -0.1) is 5.10 Å². The van der Waals surface area contributed by atoms with Gasteiger partial charge >= 0.3 is 12.2 Å². The zero-order chi connectivity index (χ0) is 29.7. The van der Waals surface area contributed by atoms with Gasteiger partial charge in [0.15, 0.2) is 5.82 Å². The summed E-state index contributed by atoms with van der Waals surface area (Å²) in [5, 5.41) is 3.97. The first-order chi connectivity index (χ1) is 19.1. The highest BCUT2D eigenvalue weighted by Gasteiger charge is 2.44. The van der Waals surface area contributed by atoms with Crippen molar-refractivity contribution < 1.29 is 34.8 Å². The lowest BCUT2D eigenvalue weighted by Crippen LogP contribution is -2.55. The molecule has 2 bridgehead atoms. The van der Waals surface area contributed by atoms with Gasteiger partial charge in [-0.3, -0.25) is 9.62 Å². The lowest BCUT2D eigenvalue weighted by Gasteiger charge is -2.43. The van der Waals surface area contributed by atoms with Crippen LogP contribution in [0.4, 0.5) is 29.5 Å². The first-order valence-corrected chi connectivity index (χ1v) is 16.8. The van der Waals surface area contributed by atoms with Gasteiger partial charge in [-0.25, -0.2) is 21.6 Å². The summed E-state index contributed by atoms with van der Waals surface area (Å²) >= 11 is 0. The van der Waals surface area contributed by atoms with Crippen LogP contribution in [0.25, 0.3) is 0 Å². The molecule has 12 nitrogen and oxygen atoms in total. The van der Waals surface area contributed by atoms with E-state index in [1.165, 1.54) is 28.7 Å². The van der Waals surface area contributed by atoms with E-state index in [2.05, 4.69) is 14.7 Å². The van der Waals surface area contributed by atoms with Crippen molar-refractivity contribution in [3.05, 3.63) is 41.6 Å². The Morgan fingerprint density at radius 1 is 1.00 bits per heavy atom. The largest absolute Gasteiger partial charge is 0.416 e. The van der Waals surface area contributed by atoms with Crippen molar-refractivity contribution in [1.29, 1.82) is 0 Å². The summed E-state index contributed by atoms with van der Waals surface area (Å²) in [7, 11) is -6.95. The molecule has 0 spiro atoms. The second kappa shape index (κ2) is 10.7. The molecule has 3 fully saturated rings. The zero-order valence-electron chi connectivity index (χ0n) is 22.6. The van der Waals surface area contributed by atoms with E-state index in [0.717, 1.165) is 23.3 Å². The Morgan fingerprint density at radius 3 is 2.20 bits per heavy atom. The lowest BCUT2D eigenvalue weighted by atomic mass is 10.0. The number of nitrogens with one attached hydrogen (secondary N) is 1. The average Bonchev–Trinajstić information content (AvgIpc) is 3.42. The second-order valence-electron chi connectivity index (χ2n) is 10.8. The summed E-state index contributed by atoms with van der Waals surface area (Å²) in [6.45, 7) is 2.48. The smallest absolute Gasteiger partial charge is 0.363 e. The number of carbonyl (C=O) groups excluding carboxylic acids is 1. The highest BCUT2D eigenvalue weighted by atomic mass is 32.2. The van der Waals surface area contributed by atoms with Crippen LogP contribution in [-0.2, 0) is 32.8 Å². The maximum Gasteiger partial charge on any atom is 0.416 e. The number of nitrogens with zero attached hydrogens (tertiary/aromatic N) is 6. The van der Waals surface area contributed by atoms with Crippen LogP contribution < -0.4 is 9.62 Å². The molecule has 2 aromatic rings. The number of halogens is 3. The number of anilines is 2. The summed E-state index contributed by atoms with van der Waals surface area (Å²) in [5.41, 5.74) is 0.438. The highest BCUT2D eigenvalue weighted by Crippen LogP contribution is 2.41. The third-order valence-corrected chi connectivity index (χ3v) is 9.54. The molecule has 3 aliphatic rings. The van der Waals surface area contributed by atoms with Crippen molar-refractivity contribution in [3.63, 3.8) is 0 Å². The van der Waals surface area contributed by atoms with Gasteiger partial charge in [-0.05, 0) is 30.5 Å². The van der Waals surface area contributed by atoms with E-state index in [1.807, 2.05) is 4.90 Å². The Hall–Kier alpha value is -2.89. The van der Waals surface area contributed by atoms with Gasteiger partial charge in [-0.1, -0.05) is 6.07 Å². The number of fused-ring (bicyclic) bond motifs is 2. The molecule has 41 heavy (non-hydrogen) atoms. The molecule has 0 aliphatic carbocycles. The predicted molar refractivity (Wildman–Crippen MR) is 145 cm³/mol. The first-order valence-electron chi connectivity index (χ1n) is 13.1. The van der Waals surface area contributed by atoms with E-state index in [-0.39, 0.29) is 31.0 Å². The number of hydrogen-bond donors (Lipinski definition) is 1.